The zero-order chi connectivity index (χ0) is 11.9. The Morgan fingerprint density at radius 2 is 2.00 bits per heavy atom. The highest BCUT2D eigenvalue weighted by Crippen LogP contribution is 2.47. The molecule has 4 heteroatoms. The minimum atomic E-state index is -0.736. The van der Waals surface area contributed by atoms with Gasteiger partial charge in [0.25, 0.3) is 0 Å². The van der Waals surface area contributed by atoms with Gasteiger partial charge in [-0.15, -0.1) is 0 Å². The third kappa shape index (κ3) is 1.88. The molecule has 2 saturated heterocycles. The van der Waals surface area contributed by atoms with Gasteiger partial charge in [0.15, 0.2) is 0 Å². The first kappa shape index (κ1) is 12.3. The largest absolute Gasteiger partial charge is 0.389 e. The van der Waals surface area contributed by atoms with Gasteiger partial charge in [0.2, 0.25) is 0 Å². The second kappa shape index (κ2) is 3.95. The fourth-order valence-electron chi connectivity index (χ4n) is 3.12. The second-order valence-corrected chi connectivity index (χ2v) is 5.85. The Balaban J connectivity index is 2.22. The van der Waals surface area contributed by atoms with Gasteiger partial charge >= 0.3 is 0 Å². The van der Waals surface area contributed by atoms with Crippen LogP contribution in [0, 0.1) is 5.41 Å². The van der Waals surface area contributed by atoms with Crippen LogP contribution in [0.4, 0.5) is 0 Å². The highest BCUT2D eigenvalue weighted by atomic mass is 16.5. The van der Waals surface area contributed by atoms with E-state index in [0.717, 1.165) is 6.42 Å². The maximum absolute atomic E-state index is 10.9. The van der Waals surface area contributed by atoms with Crippen LogP contribution in [0.2, 0.25) is 0 Å². The Labute approximate surface area is 97.1 Å². The molecule has 2 rings (SSSR count). The van der Waals surface area contributed by atoms with Crippen LogP contribution >= 0.6 is 0 Å². The van der Waals surface area contributed by atoms with Crippen LogP contribution in [0.1, 0.15) is 33.1 Å². The third-order valence-corrected chi connectivity index (χ3v) is 4.21. The van der Waals surface area contributed by atoms with Gasteiger partial charge in [-0.05, 0) is 20.3 Å². The van der Waals surface area contributed by atoms with Gasteiger partial charge in [-0.25, -0.2) is 0 Å². The average molecular weight is 229 g/mol. The van der Waals surface area contributed by atoms with E-state index in [1.165, 1.54) is 0 Å². The fourth-order valence-corrected chi connectivity index (χ4v) is 3.12. The molecule has 0 aromatic rings. The highest BCUT2D eigenvalue weighted by Gasteiger charge is 2.55. The zero-order valence-electron chi connectivity index (χ0n) is 10.3. The lowest BCUT2D eigenvalue weighted by Crippen LogP contribution is -2.59. The molecule has 0 aromatic carbocycles. The third-order valence-electron chi connectivity index (χ3n) is 4.21. The molecule has 0 saturated carbocycles. The highest BCUT2D eigenvalue weighted by molar-refractivity contribution is 5.05. The molecule has 2 heterocycles. The second-order valence-electron chi connectivity index (χ2n) is 5.85. The summed E-state index contributed by atoms with van der Waals surface area (Å²) in [6, 6.07) is 0. The summed E-state index contributed by atoms with van der Waals surface area (Å²) in [6.45, 7) is 6.43. The number of nitrogens with two attached hydrogens (primary N) is 1. The number of aliphatic hydroxyl groups is 1. The van der Waals surface area contributed by atoms with E-state index in [1.54, 1.807) is 0 Å². The molecule has 4 nitrogen and oxygen atoms in total. The first-order valence-corrected chi connectivity index (χ1v) is 6.07. The van der Waals surface area contributed by atoms with Crippen LogP contribution in [0.15, 0.2) is 0 Å². The Morgan fingerprint density at radius 3 is 2.50 bits per heavy atom. The van der Waals surface area contributed by atoms with Gasteiger partial charge in [-0.2, -0.15) is 0 Å². The normalized spacial score (nSPS) is 43.5. The molecule has 0 aromatic heterocycles. The van der Waals surface area contributed by atoms with E-state index in [1.807, 2.05) is 13.8 Å². The summed E-state index contributed by atoms with van der Waals surface area (Å²) in [5.74, 6) is 0. The molecular formula is C12H23NO3. The predicted octanol–water partition coefficient (Wildman–Crippen LogP) is 0.672. The van der Waals surface area contributed by atoms with Crippen molar-refractivity contribution in [2.75, 3.05) is 26.4 Å². The molecule has 0 radical (unpaired) electrons. The summed E-state index contributed by atoms with van der Waals surface area (Å²) in [4.78, 5) is 0. The van der Waals surface area contributed by atoms with Crippen LogP contribution in [0.5, 0.6) is 0 Å². The molecule has 0 bridgehead atoms. The fraction of sp³-hybridized carbons (Fsp3) is 1.00. The Hall–Kier alpha value is -0.160. The summed E-state index contributed by atoms with van der Waals surface area (Å²) in [6.07, 6.45) is 2.16. The van der Waals surface area contributed by atoms with Crippen molar-refractivity contribution in [2.24, 2.45) is 11.1 Å². The Kier molecular flexibility index (Phi) is 3.03. The standard InChI is InChI=1S/C12H23NO3/c1-10(2)7-12(14,4-6-16-10)11(8-13)3-5-15-9-11/h14H,3-9,13H2,1-2H3. The van der Waals surface area contributed by atoms with Gasteiger partial charge in [0, 0.05) is 31.4 Å². The summed E-state index contributed by atoms with van der Waals surface area (Å²) >= 11 is 0. The van der Waals surface area contributed by atoms with Crippen molar-refractivity contribution in [3.05, 3.63) is 0 Å². The average Bonchev–Trinajstić information content (AvgIpc) is 2.65. The predicted molar refractivity (Wildman–Crippen MR) is 61.1 cm³/mol. The number of hydrogen-bond acceptors (Lipinski definition) is 4. The van der Waals surface area contributed by atoms with Crippen LogP contribution in [0.3, 0.4) is 0 Å². The van der Waals surface area contributed by atoms with Gasteiger partial charge in [0.1, 0.15) is 0 Å². The van der Waals surface area contributed by atoms with Crippen molar-refractivity contribution in [3.63, 3.8) is 0 Å². The molecule has 2 aliphatic heterocycles. The molecule has 0 spiro atoms. The number of ether oxygens (including phenoxy) is 2. The molecule has 2 aliphatic rings. The van der Waals surface area contributed by atoms with E-state index in [2.05, 4.69) is 0 Å². The van der Waals surface area contributed by atoms with Crippen molar-refractivity contribution in [1.82, 2.24) is 0 Å². The molecule has 0 aliphatic carbocycles. The van der Waals surface area contributed by atoms with Crippen LogP contribution in [-0.2, 0) is 9.47 Å². The van der Waals surface area contributed by atoms with Crippen LogP contribution < -0.4 is 5.73 Å². The van der Waals surface area contributed by atoms with Crippen molar-refractivity contribution < 1.29 is 14.6 Å². The van der Waals surface area contributed by atoms with Crippen LogP contribution in [-0.4, -0.2) is 42.7 Å². The van der Waals surface area contributed by atoms with Crippen molar-refractivity contribution >= 4 is 0 Å². The van der Waals surface area contributed by atoms with Crippen molar-refractivity contribution in [2.45, 2.75) is 44.3 Å². The van der Waals surface area contributed by atoms with Gasteiger partial charge < -0.3 is 20.3 Å². The molecule has 2 unspecified atom stereocenters. The zero-order valence-corrected chi connectivity index (χ0v) is 10.3. The Bertz CT molecular complexity index is 261. The number of hydrogen-bond donors (Lipinski definition) is 2. The summed E-state index contributed by atoms with van der Waals surface area (Å²) in [7, 11) is 0. The Morgan fingerprint density at radius 1 is 1.25 bits per heavy atom. The molecule has 2 atom stereocenters. The SMILES string of the molecule is CC1(C)CC(O)(C2(CN)CCOC2)CCO1. The maximum atomic E-state index is 10.9. The van der Waals surface area contributed by atoms with E-state index < -0.39 is 5.60 Å². The summed E-state index contributed by atoms with van der Waals surface area (Å²) in [5, 5.41) is 10.9. The summed E-state index contributed by atoms with van der Waals surface area (Å²) < 4.78 is 11.1. The molecule has 2 fully saturated rings. The van der Waals surface area contributed by atoms with Crippen molar-refractivity contribution in [1.29, 1.82) is 0 Å². The molecular weight excluding hydrogens is 206 g/mol. The molecule has 3 N–H and O–H groups in total. The van der Waals surface area contributed by atoms with E-state index in [9.17, 15) is 5.11 Å². The van der Waals surface area contributed by atoms with E-state index in [0.29, 0.717) is 39.2 Å². The smallest absolute Gasteiger partial charge is 0.0787 e. The summed E-state index contributed by atoms with van der Waals surface area (Å²) in [5.41, 5.74) is 4.62. The van der Waals surface area contributed by atoms with Gasteiger partial charge in [0.05, 0.1) is 24.4 Å². The van der Waals surface area contributed by atoms with Crippen LogP contribution in [0.25, 0.3) is 0 Å². The quantitative estimate of drug-likeness (QED) is 0.730. The van der Waals surface area contributed by atoms with Gasteiger partial charge in [-0.3, -0.25) is 0 Å². The lowest BCUT2D eigenvalue weighted by Gasteiger charge is -2.50. The lowest BCUT2D eigenvalue weighted by molar-refractivity contribution is -0.192. The number of rotatable bonds is 2. The lowest BCUT2D eigenvalue weighted by atomic mass is 9.64. The minimum Gasteiger partial charge on any atom is -0.389 e. The first-order valence-electron chi connectivity index (χ1n) is 6.07. The van der Waals surface area contributed by atoms with E-state index in [-0.39, 0.29) is 11.0 Å². The molecule has 16 heavy (non-hydrogen) atoms. The topological polar surface area (TPSA) is 64.7 Å². The van der Waals surface area contributed by atoms with E-state index in [4.69, 9.17) is 15.2 Å². The molecule has 0 amide bonds. The minimum absolute atomic E-state index is 0.266. The first-order chi connectivity index (χ1) is 7.43. The molecule has 94 valence electrons. The van der Waals surface area contributed by atoms with Gasteiger partial charge in [-0.1, -0.05) is 0 Å². The van der Waals surface area contributed by atoms with E-state index >= 15 is 0 Å². The van der Waals surface area contributed by atoms with Crippen molar-refractivity contribution in [3.8, 4) is 0 Å². The monoisotopic (exact) mass is 229 g/mol. The maximum Gasteiger partial charge on any atom is 0.0787 e.